The van der Waals surface area contributed by atoms with Crippen molar-refractivity contribution in [3.8, 4) is 0 Å². The first kappa shape index (κ1) is 48.9. The molecule has 0 aromatic heterocycles. The Balaban J connectivity index is 0. The molecule has 0 radical (unpaired) electrons. The highest BCUT2D eigenvalue weighted by molar-refractivity contribution is 6.01. The molecule has 1 heterocycles. The third-order valence-electron chi connectivity index (χ3n) is 7.16. The Morgan fingerprint density at radius 2 is 1.06 bits per heavy atom. The molecule has 1 rings (SSSR count). The number of nitrogens with zero attached hydrogens (tertiary/aromatic N) is 1. The van der Waals surface area contributed by atoms with Crippen LogP contribution in [0.1, 0.15) is 94.9 Å². The molecular formula is C34H63N3O13. The van der Waals surface area contributed by atoms with Gasteiger partial charge in [-0.2, -0.15) is 0 Å². The number of carbonyl (C=O) groups excluding carboxylic acids is 6. The molecule has 16 heteroatoms. The van der Waals surface area contributed by atoms with E-state index in [2.05, 4.69) is 5.32 Å². The predicted octanol–water partition coefficient (Wildman–Crippen LogP) is 1.67. The van der Waals surface area contributed by atoms with E-state index in [1.54, 1.807) is 69.2 Å². The monoisotopic (exact) mass is 721 g/mol. The summed E-state index contributed by atoms with van der Waals surface area (Å²) >= 11 is 0. The van der Waals surface area contributed by atoms with Crippen molar-refractivity contribution < 1.29 is 62.8 Å². The molecule has 50 heavy (non-hydrogen) atoms. The Morgan fingerprint density at radius 1 is 0.700 bits per heavy atom. The van der Waals surface area contributed by atoms with Crippen LogP contribution >= 0.6 is 0 Å². The maximum Gasteiger partial charge on any atom is 0.338 e. The van der Waals surface area contributed by atoms with E-state index in [1.807, 2.05) is 0 Å². The molecule has 2 atom stereocenters. The van der Waals surface area contributed by atoms with Crippen molar-refractivity contribution in [1.82, 2.24) is 10.4 Å². The summed E-state index contributed by atoms with van der Waals surface area (Å²) in [5.74, 6) is -2.83. The van der Waals surface area contributed by atoms with Gasteiger partial charge >= 0.3 is 17.9 Å². The summed E-state index contributed by atoms with van der Waals surface area (Å²) in [5, 5.41) is 20.6. The van der Waals surface area contributed by atoms with Crippen molar-refractivity contribution in [2.45, 2.75) is 107 Å². The molecule has 2 unspecified atom stereocenters. The van der Waals surface area contributed by atoms with Crippen LogP contribution in [0.15, 0.2) is 0 Å². The number of hydrogen-bond acceptors (Lipinski definition) is 14. The first-order chi connectivity index (χ1) is 22.8. The van der Waals surface area contributed by atoms with Crippen LogP contribution in [0.3, 0.4) is 0 Å². The molecule has 0 aromatic carbocycles. The van der Waals surface area contributed by atoms with Gasteiger partial charge in [0, 0.05) is 45.6 Å². The van der Waals surface area contributed by atoms with Gasteiger partial charge in [-0.3, -0.25) is 24.0 Å². The van der Waals surface area contributed by atoms with Crippen molar-refractivity contribution >= 4 is 35.6 Å². The first-order valence-corrected chi connectivity index (χ1v) is 16.6. The Bertz CT molecular complexity index is 1090. The molecule has 0 saturated carbocycles. The number of nitrogens with one attached hydrogen (secondary N) is 1. The minimum atomic E-state index is -1.09. The molecule has 0 aliphatic carbocycles. The summed E-state index contributed by atoms with van der Waals surface area (Å²) < 4.78 is 19.9. The van der Waals surface area contributed by atoms with Crippen molar-refractivity contribution in [2.24, 2.45) is 27.4 Å². The number of ether oxygens (including phenoxy) is 4. The second-order valence-corrected chi connectivity index (χ2v) is 14.8. The van der Waals surface area contributed by atoms with Gasteiger partial charge < -0.3 is 45.0 Å². The normalized spacial score (nSPS) is 14.7. The molecule has 1 fully saturated rings. The smallest absolute Gasteiger partial charge is 0.338 e. The van der Waals surface area contributed by atoms with E-state index in [0.29, 0.717) is 24.6 Å². The second-order valence-electron chi connectivity index (χ2n) is 14.8. The summed E-state index contributed by atoms with van der Waals surface area (Å²) in [6, 6.07) is 0. The number of rotatable bonds is 18. The van der Waals surface area contributed by atoms with E-state index < -0.39 is 51.5 Å². The van der Waals surface area contributed by atoms with Crippen LogP contribution in [0.4, 0.5) is 0 Å². The number of esters is 2. The predicted molar refractivity (Wildman–Crippen MR) is 183 cm³/mol. The summed E-state index contributed by atoms with van der Waals surface area (Å²) in [6.45, 7) is 18.3. The molecule has 1 aliphatic heterocycles. The summed E-state index contributed by atoms with van der Waals surface area (Å²) in [4.78, 5) is 76.7. The van der Waals surface area contributed by atoms with E-state index in [1.165, 1.54) is 14.2 Å². The minimum Gasteiger partial charge on any atom is -0.463 e. The topological polar surface area (TPSA) is 230 Å². The van der Waals surface area contributed by atoms with Crippen molar-refractivity contribution in [3.05, 3.63) is 0 Å². The fraction of sp³-hybridized carbons (Fsp3) is 0.824. The fourth-order valence-corrected chi connectivity index (χ4v) is 4.68. The number of hydrogen-bond donors (Lipinski definition) is 4. The van der Waals surface area contributed by atoms with Crippen LogP contribution in [-0.4, -0.2) is 117 Å². The zero-order valence-corrected chi connectivity index (χ0v) is 32.1. The average molecular weight is 722 g/mol. The number of carbonyl (C=O) groups is 6. The summed E-state index contributed by atoms with van der Waals surface area (Å²) in [5.41, 5.74) is 1.37. The van der Waals surface area contributed by atoms with Crippen LogP contribution in [0, 0.1) is 21.7 Å². The van der Waals surface area contributed by atoms with E-state index >= 15 is 0 Å². The highest BCUT2D eigenvalue weighted by Crippen LogP contribution is 2.37. The summed E-state index contributed by atoms with van der Waals surface area (Å²) in [7, 11) is 3.04. The van der Waals surface area contributed by atoms with Gasteiger partial charge in [0.2, 0.25) is 5.91 Å². The Hall–Kier alpha value is -3.18. The lowest BCUT2D eigenvalue weighted by molar-refractivity contribution is -0.205. The van der Waals surface area contributed by atoms with Crippen molar-refractivity contribution in [1.29, 1.82) is 0 Å². The molecule has 3 amide bonds. The van der Waals surface area contributed by atoms with E-state index in [0.717, 1.165) is 0 Å². The lowest BCUT2D eigenvalue weighted by Crippen LogP contribution is -2.44. The number of hydroxylamine groups is 2. The van der Waals surface area contributed by atoms with Gasteiger partial charge in [-0.15, -0.1) is 5.06 Å². The zero-order chi connectivity index (χ0) is 39.5. The van der Waals surface area contributed by atoms with Crippen LogP contribution in [-0.2, 0) is 52.6 Å². The van der Waals surface area contributed by atoms with E-state index in [4.69, 9.17) is 34.6 Å². The molecule has 0 aromatic rings. The van der Waals surface area contributed by atoms with Gasteiger partial charge in [0.1, 0.15) is 13.2 Å². The first-order valence-electron chi connectivity index (χ1n) is 16.6. The zero-order valence-electron chi connectivity index (χ0n) is 32.1. The van der Waals surface area contributed by atoms with Crippen molar-refractivity contribution in [2.75, 3.05) is 53.7 Å². The van der Waals surface area contributed by atoms with Gasteiger partial charge in [-0.05, 0) is 68.2 Å². The molecule has 16 nitrogen and oxygen atoms in total. The number of methoxy groups -OCH3 is 2. The number of aliphatic hydroxyl groups excluding tert-OH is 2. The second kappa shape index (κ2) is 22.6. The van der Waals surface area contributed by atoms with Gasteiger partial charge in [0.25, 0.3) is 11.8 Å². The van der Waals surface area contributed by atoms with E-state index in [9.17, 15) is 33.9 Å². The Labute approximate surface area is 297 Å². The maximum atomic E-state index is 12.3. The van der Waals surface area contributed by atoms with Gasteiger partial charge in [0.15, 0.2) is 0 Å². The number of aliphatic hydroxyl groups is 2. The number of nitrogens with two attached hydrogens (primary N) is 1. The molecule has 1 aliphatic rings. The van der Waals surface area contributed by atoms with Crippen molar-refractivity contribution in [3.63, 3.8) is 0 Å². The highest BCUT2D eigenvalue weighted by Gasteiger charge is 2.44. The lowest BCUT2D eigenvalue weighted by atomic mass is 9.74. The largest absolute Gasteiger partial charge is 0.463 e. The van der Waals surface area contributed by atoms with Crippen LogP contribution in [0.25, 0.3) is 0 Å². The van der Waals surface area contributed by atoms with Gasteiger partial charge in [-0.1, -0.05) is 13.8 Å². The highest BCUT2D eigenvalue weighted by atomic mass is 16.7. The average Bonchev–Trinajstić information content (AvgIpc) is 3.31. The quantitative estimate of drug-likeness (QED) is 0.0897. The molecule has 1 saturated heterocycles. The molecule has 0 bridgehead atoms. The van der Waals surface area contributed by atoms with Crippen LogP contribution in [0.2, 0.25) is 0 Å². The molecule has 5 N–H and O–H groups in total. The van der Waals surface area contributed by atoms with E-state index in [-0.39, 0.29) is 63.6 Å². The number of imide groups is 1. The minimum absolute atomic E-state index is 0.0316. The Kier molecular flexibility index (Phi) is 22.1. The lowest BCUT2D eigenvalue weighted by Gasteiger charge is -2.32. The molecule has 0 spiro atoms. The Morgan fingerprint density at radius 3 is 1.40 bits per heavy atom. The number of amides is 3. The van der Waals surface area contributed by atoms with Crippen LogP contribution < -0.4 is 11.1 Å². The van der Waals surface area contributed by atoms with Crippen LogP contribution in [0.5, 0.6) is 0 Å². The summed E-state index contributed by atoms with van der Waals surface area (Å²) in [6.07, 6.45) is -0.404. The van der Waals surface area contributed by atoms with Gasteiger partial charge in [-0.25, -0.2) is 4.79 Å². The SMILES string of the molecule is CC(O)CN.COCCOC(=O)C(C)(C)CC(C)(C)C(=O)NCC(C)O.COCCOC(=O)C(C)(C)CC(C)(C)C(=O)ON1C(=O)CCC1=O. The van der Waals surface area contributed by atoms with Gasteiger partial charge in [0.05, 0.1) is 41.7 Å². The third kappa shape index (κ3) is 19.3. The maximum absolute atomic E-state index is 12.3. The molecular weight excluding hydrogens is 658 g/mol. The third-order valence-corrected chi connectivity index (χ3v) is 7.16. The molecule has 292 valence electrons. The fourth-order valence-electron chi connectivity index (χ4n) is 4.68. The standard InChI is InChI=1S/C16H25NO7.C15H29NO5.C3H9NO/c1-15(2,13(20)23-9-8-22-5)10-16(3,4)14(21)24-17-11(18)6-7-12(17)19;1-11(17)9-16-12(18)14(2,3)10-15(4,5)13(19)21-8-7-20-6;1-3(5)2-4/h6-10H2,1-5H3;11,17H,7-10H2,1-6H3,(H,16,18);3,5H,2,4H2,1H3.